The van der Waals surface area contributed by atoms with Crippen LogP contribution in [0.3, 0.4) is 0 Å². The number of aliphatic hydroxyl groups is 1. The fourth-order valence-electron chi connectivity index (χ4n) is 3.85. The van der Waals surface area contributed by atoms with Gasteiger partial charge in [-0.25, -0.2) is 4.39 Å². The van der Waals surface area contributed by atoms with Crippen molar-refractivity contribution in [2.45, 2.75) is 37.8 Å². The molecule has 1 amide bonds. The molecule has 1 aromatic carbocycles. The van der Waals surface area contributed by atoms with Crippen molar-refractivity contribution in [3.8, 4) is 5.75 Å². The number of ether oxygens (including phenoxy) is 2. The molecule has 0 radical (unpaired) electrons. The first-order valence-corrected chi connectivity index (χ1v) is 8.48. The van der Waals surface area contributed by atoms with E-state index in [1.807, 2.05) is 0 Å². The summed E-state index contributed by atoms with van der Waals surface area (Å²) in [5.74, 6) is 0.105. The lowest BCUT2D eigenvalue weighted by Gasteiger charge is -2.40. The van der Waals surface area contributed by atoms with Gasteiger partial charge < -0.3 is 19.5 Å². The van der Waals surface area contributed by atoms with E-state index < -0.39 is 0 Å². The molecule has 1 N–H and O–H groups in total. The smallest absolute Gasteiger partial charge is 0.227 e. The van der Waals surface area contributed by atoms with Crippen LogP contribution in [-0.4, -0.2) is 54.9 Å². The third-order valence-corrected chi connectivity index (χ3v) is 5.10. The maximum Gasteiger partial charge on any atom is 0.227 e. The molecule has 1 aliphatic carbocycles. The molecule has 0 spiro atoms. The minimum Gasteiger partial charge on any atom is -0.496 e. The summed E-state index contributed by atoms with van der Waals surface area (Å²) in [5.41, 5.74) is 0.541. The Kier molecular flexibility index (Phi) is 5.36. The van der Waals surface area contributed by atoms with Crippen LogP contribution in [0.2, 0.25) is 0 Å². The van der Waals surface area contributed by atoms with Gasteiger partial charge in [-0.15, -0.1) is 0 Å². The minimum atomic E-state index is -0.386. The molecule has 3 atom stereocenters. The zero-order chi connectivity index (χ0) is 17.1. The van der Waals surface area contributed by atoms with Crippen molar-refractivity contribution in [1.29, 1.82) is 0 Å². The van der Waals surface area contributed by atoms with Crippen LogP contribution < -0.4 is 4.74 Å². The Morgan fingerprint density at radius 2 is 2.29 bits per heavy atom. The van der Waals surface area contributed by atoms with Crippen LogP contribution in [0.4, 0.5) is 4.39 Å². The number of rotatable bonds is 4. The van der Waals surface area contributed by atoms with Crippen LogP contribution in [0.25, 0.3) is 0 Å². The van der Waals surface area contributed by atoms with E-state index in [4.69, 9.17) is 9.47 Å². The Balaban J connectivity index is 1.76. The highest BCUT2D eigenvalue weighted by Gasteiger charge is 2.39. The summed E-state index contributed by atoms with van der Waals surface area (Å²) in [6.45, 7) is 1.45. The van der Waals surface area contributed by atoms with Crippen molar-refractivity contribution in [2.75, 3.05) is 26.9 Å². The lowest BCUT2D eigenvalue weighted by Crippen LogP contribution is -2.54. The normalized spacial score (nSPS) is 27.3. The molecule has 5 nitrogen and oxygen atoms in total. The van der Waals surface area contributed by atoms with Gasteiger partial charge in [-0.05, 0) is 31.0 Å². The van der Waals surface area contributed by atoms with Crippen LogP contribution in [0.5, 0.6) is 5.75 Å². The SMILES string of the molecule is COc1ccc(F)cc1CC(=O)N1CCOC[C@@H]1[C@H]1CCC[C@@H]1O. The number of halogens is 1. The fourth-order valence-corrected chi connectivity index (χ4v) is 3.85. The van der Waals surface area contributed by atoms with Gasteiger partial charge in [0.05, 0.1) is 38.9 Å². The lowest BCUT2D eigenvalue weighted by atomic mass is 9.93. The maximum absolute atomic E-state index is 13.5. The van der Waals surface area contributed by atoms with Gasteiger partial charge in [0.25, 0.3) is 0 Å². The number of carbonyl (C=O) groups is 1. The largest absolute Gasteiger partial charge is 0.496 e. The maximum atomic E-state index is 13.5. The van der Waals surface area contributed by atoms with Crippen molar-refractivity contribution in [3.05, 3.63) is 29.6 Å². The van der Waals surface area contributed by atoms with Crippen molar-refractivity contribution in [1.82, 2.24) is 4.90 Å². The van der Waals surface area contributed by atoms with Crippen molar-refractivity contribution in [3.63, 3.8) is 0 Å². The number of aliphatic hydroxyl groups excluding tert-OH is 1. The highest BCUT2D eigenvalue weighted by Crippen LogP contribution is 2.32. The Morgan fingerprint density at radius 3 is 3.00 bits per heavy atom. The molecular formula is C18H24FNO4. The summed E-state index contributed by atoms with van der Waals surface area (Å²) >= 11 is 0. The summed E-state index contributed by atoms with van der Waals surface area (Å²) in [7, 11) is 1.51. The predicted octanol–water partition coefficient (Wildman–Crippen LogP) is 1.77. The third kappa shape index (κ3) is 3.54. The first-order chi connectivity index (χ1) is 11.6. The number of morpholine rings is 1. The Labute approximate surface area is 141 Å². The van der Waals surface area contributed by atoms with Gasteiger partial charge in [-0.2, -0.15) is 0 Å². The molecule has 0 aromatic heterocycles. The van der Waals surface area contributed by atoms with E-state index >= 15 is 0 Å². The molecule has 1 saturated carbocycles. The van der Waals surface area contributed by atoms with Gasteiger partial charge in [0.15, 0.2) is 0 Å². The molecule has 2 aliphatic rings. The van der Waals surface area contributed by atoms with Crippen LogP contribution in [-0.2, 0) is 16.0 Å². The quantitative estimate of drug-likeness (QED) is 0.910. The van der Waals surface area contributed by atoms with Crippen LogP contribution >= 0.6 is 0 Å². The van der Waals surface area contributed by atoms with Crippen LogP contribution in [0.1, 0.15) is 24.8 Å². The summed E-state index contributed by atoms with van der Waals surface area (Å²) in [4.78, 5) is 14.6. The molecule has 1 saturated heterocycles. The standard InChI is InChI=1S/C18H24FNO4/c1-23-17-6-5-13(19)9-12(17)10-18(22)20-7-8-24-11-15(20)14-3-2-4-16(14)21/h5-6,9,14-16,21H,2-4,7-8,10-11H2,1H3/t14-,15-,16+/m1/s1. The molecule has 24 heavy (non-hydrogen) atoms. The van der Waals surface area contributed by atoms with Gasteiger partial charge in [0.2, 0.25) is 5.91 Å². The van der Waals surface area contributed by atoms with E-state index in [9.17, 15) is 14.3 Å². The van der Waals surface area contributed by atoms with Gasteiger partial charge in [0, 0.05) is 18.0 Å². The summed E-state index contributed by atoms with van der Waals surface area (Å²) < 4.78 is 24.3. The van der Waals surface area contributed by atoms with Crippen LogP contribution in [0.15, 0.2) is 18.2 Å². The van der Waals surface area contributed by atoms with E-state index in [-0.39, 0.29) is 36.2 Å². The number of benzene rings is 1. The lowest BCUT2D eigenvalue weighted by molar-refractivity contribution is -0.143. The van der Waals surface area contributed by atoms with Crippen molar-refractivity contribution in [2.24, 2.45) is 5.92 Å². The van der Waals surface area contributed by atoms with Crippen LogP contribution in [0, 0.1) is 11.7 Å². The van der Waals surface area contributed by atoms with Gasteiger partial charge in [-0.3, -0.25) is 4.79 Å². The van der Waals surface area contributed by atoms with E-state index in [1.165, 1.54) is 25.3 Å². The molecule has 2 fully saturated rings. The zero-order valence-corrected chi connectivity index (χ0v) is 13.9. The Bertz CT molecular complexity index is 594. The van der Waals surface area contributed by atoms with Gasteiger partial charge >= 0.3 is 0 Å². The highest BCUT2D eigenvalue weighted by molar-refractivity contribution is 5.80. The zero-order valence-electron chi connectivity index (χ0n) is 13.9. The van der Waals surface area contributed by atoms with E-state index in [0.717, 1.165) is 19.3 Å². The summed E-state index contributed by atoms with van der Waals surface area (Å²) in [5, 5.41) is 10.2. The number of methoxy groups -OCH3 is 1. The average molecular weight is 337 g/mol. The molecule has 132 valence electrons. The number of amides is 1. The number of hydrogen-bond acceptors (Lipinski definition) is 4. The number of hydrogen-bond donors (Lipinski definition) is 1. The first kappa shape index (κ1) is 17.2. The van der Waals surface area contributed by atoms with E-state index in [1.54, 1.807) is 4.90 Å². The van der Waals surface area contributed by atoms with Gasteiger partial charge in [-0.1, -0.05) is 6.42 Å². The van der Waals surface area contributed by atoms with Crippen molar-refractivity contribution < 1.29 is 23.8 Å². The fraction of sp³-hybridized carbons (Fsp3) is 0.611. The second-order valence-corrected chi connectivity index (χ2v) is 6.52. The Hall–Kier alpha value is -1.66. The second-order valence-electron chi connectivity index (χ2n) is 6.52. The summed E-state index contributed by atoms with van der Waals surface area (Å²) in [6.07, 6.45) is 2.36. The topological polar surface area (TPSA) is 59.0 Å². The van der Waals surface area contributed by atoms with Crippen molar-refractivity contribution >= 4 is 5.91 Å². The number of nitrogens with zero attached hydrogens (tertiary/aromatic N) is 1. The van der Waals surface area contributed by atoms with Gasteiger partial charge in [0.1, 0.15) is 11.6 Å². The highest BCUT2D eigenvalue weighted by atomic mass is 19.1. The molecule has 6 heteroatoms. The molecule has 0 unspecified atom stereocenters. The first-order valence-electron chi connectivity index (χ1n) is 8.48. The average Bonchev–Trinajstić information content (AvgIpc) is 3.01. The Morgan fingerprint density at radius 1 is 1.46 bits per heavy atom. The molecule has 1 aliphatic heterocycles. The number of carbonyl (C=O) groups excluding carboxylic acids is 1. The molecule has 3 rings (SSSR count). The molecule has 1 heterocycles. The van der Waals surface area contributed by atoms with E-state index in [2.05, 4.69) is 0 Å². The second kappa shape index (κ2) is 7.49. The summed E-state index contributed by atoms with van der Waals surface area (Å²) in [6, 6.07) is 4.09. The predicted molar refractivity (Wildman–Crippen MR) is 86.3 cm³/mol. The monoisotopic (exact) mass is 337 g/mol. The molecule has 1 aromatic rings. The molecular weight excluding hydrogens is 313 g/mol. The minimum absolute atomic E-state index is 0.0589. The third-order valence-electron chi connectivity index (χ3n) is 5.10. The van der Waals surface area contributed by atoms with E-state index in [0.29, 0.717) is 31.1 Å². The molecule has 0 bridgehead atoms.